The standard InChI is InChI=1S/C21H17ClN2O4S/c22-16-6-2-1-5-15(16)19(20(25)26)24-9-7-17-14(12-24)10-18(29-17)28-21(27)13-4-3-8-23-11-13/h1-6,8,10-11,19H,7,9,12H2,(H,25,26). The summed E-state index contributed by atoms with van der Waals surface area (Å²) < 4.78 is 5.48. The summed E-state index contributed by atoms with van der Waals surface area (Å²) in [4.78, 5) is 31.2. The van der Waals surface area contributed by atoms with Crippen LogP contribution in [-0.2, 0) is 17.8 Å². The maximum atomic E-state index is 12.3. The molecule has 0 radical (unpaired) electrons. The van der Waals surface area contributed by atoms with Crippen LogP contribution in [0.25, 0.3) is 0 Å². The second-order valence-electron chi connectivity index (χ2n) is 6.63. The molecule has 2 aromatic heterocycles. The third kappa shape index (κ3) is 4.17. The van der Waals surface area contributed by atoms with Crippen molar-refractivity contribution in [3.63, 3.8) is 0 Å². The summed E-state index contributed by atoms with van der Waals surface area (Å²) >= 11 is 7.67. The first-order valence-corrected chi connectivity index (χ1v) is 10.2. The molecule has 0 aliphatic carbocycles. The van der Waals surface area contributed by atoms with E-state index < -0.39 is 18.0 Å². The molecule has 6 nitrogen and oxygen atoms in total. The Morgan fingerprint density at radius 3 is 2.79 bits per heavy atom. The minimum atomic E-state index is -0.944. The smallest absolute Gasteiger partial charge is 0.345 e. The van der Waals surface area contributed by atoms with Crippen molar-refractivity contribution in [2.45, 2.75) is 19.0 Å². The zero-order valence-corrected chi connectivity index (χ0v) is 16.8. The minimum Gasteiger partial charge on any atom is -0.480 e. The van der Waals surface area contributed by atoms with Crippen LogP contribution in [0.2, 0.25) is 5.02 Å². The molecule has 148 valence electrons. The van der Waals surface area contributed by atoms with Gasteiger partial charge in [0.1, 0.15) is 6.04 Å². The Morgan fingerprint density at radius 2 is 2.07 bits per heavy atom. The van der Waals surface area contributed by atoms with Crippen molar-refractivity contribution in [1.29, 1.82) is 0 Å². The number of carbonyl (C=O) groups is 2. The lowest BCUT2D eigenvalue weighted by molar-refractivity contribution is -0.144. The molecule has 1 N–H and O–H groups in total. The summed E-state index contributed by atoms with van der Waals surface area (Å²) in [6, 6.07) is 11.3. The van der Waals surface area contributed by atoms with Crippen molar-refractivity contribution < 1.29 is 19.4 Å². The van der Waals surface area contributed by atoms with E-state index >= 15 is 0 Å². The summed E-state index contributed by atoms with van der Waals surface area (Å²) in [6.07, 6.45) is 3.73. The largest absolute Gasteiger partial charge is 0.480 e. The molecular weight excluding hydrogens is 412 g/mol. The molecule has 1 unspecified atom stereocenters. The van der Waals surface area contributed by atoms with Crippen LogP contribution in [0.5, 0.6) is 5.06 Å². The van der Waals surface area contributed by atoms with Gasteiger partial charge in [-0.2, -0.15) is 0 Å². The first kappa shape index (κ1) is 19.6. The van der Waals surface area contributed by atoms with E-state index in [4.69, 9.17) is 16.3 Å². The molecule has 0 saturated carbocycles. The van der Waals surface area contributed by atoms with E-state index in [2.05, 4.69) is 4.98 Å². The molecule has 0 spiro atoms. The van der Waals surface area contributed by atoms with Gasteiger partial charge < -0.3 is 9.84 Å². The number of hydrogen-bond donors (Lipinski definition) is 1. The molecule has 0 saturated heterocycles. The van der Waals surface area contributed by atoms with Gasteiger partial charge in [-0.25, -0.2) is 4.79 Å². The third-order valence-corrected chi connectivity index (χ3v) is 6.22. The van der Waals surface area contributed by atoms with E-state index in [1.165, 1.54) is 17.5 Å². The quantitative estimate of drug-likeness (QED) is 0.613. The molecule has 0 amide bonds. The van der Waals surface area contributed by atoms with Gasteiger partial charge in [-0.15, -0.1) is 11.3 Å². The van der Waals surface area contributed by atoms with Gasteiger partial charge in [0.05, 0.1) is 5.56 Å². The Labute approximate surface area is 176 Å². The van der Waals surface area contributed by atoms with Crippen LogP contribution in [0.4, 0.5) is 0 Å². The van der Waals surface area contributed by atoms with Gasteiger partial charge in [0.25, 0.3) is 0 Å². The summed E-state index contributed by atoms with van der Waals surface area (Å²) in [5, 5.41) is 10.8. The molecule has 1 aliphatic rings. The van der Waals surface area contributed by atoms with Crippen LogP contribution in [0, 0.1) is 0 Å². The lowest BCUT2D eigenvalue weighted by atomic mass is 10.0. The number of carboxylic acid groups (broad SMARTS) is 1. The second kappa shape index (κ2) is 8.32. The first-order chi connectivity index (χ1) is 14.0. The van der Waals surface area contributed by atoms with E-state index in [0.29, 0.717) is 40.7 Å². The molecule has 4 rings (SSSR count). The van der Waals surface area contributed by atoms with Gasteiger partial charge in [-0.05, 0) is 41.8 Å². The highest BCUT2D eigenvalue weighted by Crippen LogP contribution is 2.37. The van der Waals surface area contributed by atoms with E-state index in [1.807, 2.05) is 11.0 Å². The number of benzene rings is 1. The number of fused-ring (bicyclic) bond motifs is 1. The number of esters is 1. The summed E-state index contributed by atoms with van der Waals surface area (Å²) in [5.41, 5.74) is 1.92. The number of nitrogens with zero attached hydrogens (tertiary/aromatic N) is 2. The van der Waals surface area contributed by atoms with Crippen molar-refractivity contribution in [1.82, 2.24) is 9.88 Å². The number of hydrogen-bond acceptors (Lipinski definition) is 6. The van der Waals surface area contributed by atoms with Gasteiger partial charge in [0.2, 0.25) is 0 Å². The monoisotopic (exact) mass is 428 g/mol. The molecule has 1 aromatic carbocycles. The minimum absolute atomic E-state index is 0.380. The Bertz CT molecular complexity index is 1050. The molecule has 8 heteroatoms. The van der Waals surface area contributed by atoms with Gasteiger partial charge in [0.15, 0.2) is 5.06 Å². The molecule has 3 aromatic rings. The predicted octanol–water partition coefficient (Wildman–Crippen LogP) is 4.20. The van der Waals surface area contributed by atoms with Crippen molar-refractivity contribution in [3.05, 3.63) is 81.4 Å². The SMILES string of the molecule is O=C(Oc1cc2c(s1)CCN(C(C(=O)O)c1ccccc1Cl)C2)c1cccnc1. The number of thiophene rings is 1. The highest BCUT2D eigenvalue weighted by molar-refractivity contribution is 7.14. The molecular formula is C21H17ClN2O4S. The summed E-state index contributed by atoms with van der Waals surface area (Å²) in [5.74, 6) is -1.41. The molecule has 1 atom stereocenters. The average molecular weight is 429 g/mol. The van der Waals surface area contributed by atoms with Crippen LogP contribution in [0.3, 0.4) is 0 Å². The first-order valence-electron chi connectivity index (χ1n) is 8.98. The predicted molar refractivity (Wildman–Crippen MR) is 109 cm³/mol. The van der Waals surface area contributed by atoms with Crippen LogP contribution >= 0.6 is 22.9 Å². The topological polar surface area (TPSA) is 79.7 Å². The lowest BCUT2D eigenvalue weighted by Gasteiger charge is -2.32. The number of carboxylic acids is 1. The van der Waals surface area contributed by atoms with E-state index in [0.717, 1.165) is 10.4 Å². The number of carbonyl (C=O) groups excluding carboxylic acids is 1. The third-order valence-electron chi connectivity index (χ3n) is 4.76. The van der Waals surface area contributed by atoms with Crippen LogP contribution in [-0.4, -0.2) is 33.5 Å². The van der Waals surface area contributed by atoms with Gasteiger partial charge in [-0.3, -0.25) is 14.7 Å². The van der Waals surface area contributed by atoms with E-state index in [9.17, 15) is 14.7 Å². The Kier molecular flexibility index (Phi) is 5.62. The highest BCUT2D eigenvalue weighted by atomic mass is 35.5. The number of aliphatic carboxylic acids is 1. The fourth-order valence-corrected chi connectivity index (χ4v) is 4.66. The fourth-order valence-electron chi connectivity index (χ4n) is 3.41. The van der Waals surface area contributed by atoms with E-state index in [1.54, 1.807) is 42.6 Å². The molecule has 3 heterocycles. The summed E-state index contributed by atoms with van der Waals surface area (Å²) in [6.45, 7) is 1.02. The van der Waals surface area contributed by atoms with Gasteiger partial charge in [0, 0.05) is 35.4 Å². The lowest BCUT2D eigenvalue weighted by Crippen LogP contribution is -2.37. The molecule has 1 aliphatic heterocycles. The number of ether oxygens (including phenoxy) is 1. The highest BCUT2D eigenvalue weighted by Gasteiger charge is 2.32. The van der Waals surface area contributed by atoms with E-state index in [-0.39, 0.29) is 0 Å². The number of aromatic nitrogens is 1. The Morgan fingerprint density at radius 1 is 1.24 bits per heavy atom. The van der Waals surface area contributed by atoms with Crippen molar-refractivity contribution in [2.24, 2.45) is 0 Å². The van der Waals surface area contributed by atoms with Crippen molar-refractivity contribution >= 4 is 34.9 Å². The number of pyridine rings is 1. The maximum absolute atomic E-state index is 12.3. The van der Waals surface area contributed by atoms with Gasteiger partial charge >= 0.3 is 11.9 Å². The second-order valence-corrected chi connectivity index (χ2v) is 8.13. The van der Waals surface area contributed by atoms with Crippen LogP contribution < -0.4 is 4.74 Å². The zero-order chi connectivity index (χ0) is 20.4. The van der Waals surface area contributed by atoms with Gasteiger partial charge in [-0.1, -0.05) is 29.8 Å². The Hall–Kier alpha value is -2.74. The van der Waals surface area contributed by atoms with Crippen LogP contribution in [0.1, 0.15) is 32.4 Å². The van der Waals surface area contributed by atoms with Crippen molar-refractivity contribution in [2.75, 3.05) is 6.54 Å². The number of halogens is 1. The van der Waals surface area contributed by atoms with Crippen LogP contribution in [0.15, 0.2) is 54.9 Å². The number of rotatable bonds is 5. The Balaban J connectivity index is 1.53. The van der Waals surface area contributed by atoms with Crippen molar-refractivity contribution in [3.8, 4) is 5.06 Å². The molecule has 0 bridgehead atoms. The molecule has 29 heavy (non-hydrogen) atoms. The normalized spacial score (nSPS) is 14.8. The zero-order valence-electron chi connectivity index (χ0n) is 15.2. The summed E-state index contributed by atoms with van der Waals surface area (Å²) in [7, 11) is 0. The fraction of sp³-hybridized carbons (Fsp3) is 0.190. The molecule has 0 fully saturated rings. The maximum Gasteiger partial charge on any atom is 0.345 e. The average Bonchev–Trinajstić information content (AvgIpc) is 3.11.